The fraction of sp³-hybridized carbons (Fsp3) is 0.529. The first-order chi connectivity index (χ1) is 9.78. The summed E-state index contributed by atoms with van der Waals surface area (Å²) in [5.74, 6) is 3.72. The molecule has 1 aromatic heterocycles. The Bertz CT molecular complexity index is 625. The van der Waals surface area contributed by atoms with Gasteiger partial charge >= 0.3 is 0 Å². The van der Waals surface area contributed by atoms with Crippen molar-refractivity contribution < 1.29 is 4.42 Å². The molecule has 0 bridgehead atoms. The highest BCUT2D eigenvalue weighted by molar-refractivity contribution is 6.31. The third kappa shape index (κ3) is 1.97. The molecule has 1 N–H and O–H groups in total. The largest absolute Gasteiger partial charge is 0.459 e. The Morgan fingerprint density at radius 1 is 1.30 bits per heavy atom. The molecule has 1 aromatic carbocycles. The predicted octanol–water partition coefficient (Wildman–Crippen LogP) is 4.78. The van der Waals surface area contributed by atoms with E-state index in [1.54, 1.807) is 0 Å². The van der Waals surface area contributed by atoms with Gasteiger partial charge in [0.15, 0.2) is 0 Å². The summed E-state index contributed by atoms with van der Waals surface area (Å²) in [7, 11) is 0. The Hall–Kier alpha value is -0.990. The number of fused-ring (bicyclic) bond motifs is 2. The lowest BCUT2D eigenvalue weighted by atomic mass is 10.0. The molecule has 2 aliphatic carbocycles. The standard InChI is InChI=1S/C17H20ClNO/c1-2-19-17(16-12-4-3-5-13(12)16)15-9-10-8-11(18)6-7-14(10)20-15/h6-9,12-13,16-17,19H,2-5H2,1H3. The van der Waals surface area contributed by atoms with Crippen molar-refractivity contribution in [2.75, 3.05) is 6.54 Å². The van der Waals surface area contributed by atoms with E-state index in [0.717, 1.165) is 46.1 Å². The summed E-state index contributed by atoms with van der Waals surface area (Å²) in [6.45, 7) is 3.16. The number of halogens is 1. The predicted molar refractivity (Wildman–Crippen MR) is 82.0 cm³/mol. The van der Waals surface area contributed by atoms with Gasteiger partial charge in [-0.05, 0) is 61.4 Å². The molecule has 4 rings (SSSR count). The summed E-state index contributed by atoms with van der Waals surface area (Å²) in [5.41, 5.74) is 0.943. The van der Waals surface area contributed by atoms with E-state index in [-0.39, 0.29) is 0 Å². The summed E-state index contributed by atoms with van der Waals surface area (Å²) in [5, 5.41) is 5.52. The van der Waals surface area contributed by atoms with Gasteiger partial charge in [-0.3, -0.25) is 0 Å². The molecule has 2 fully saturated rings. The van der Waals surface area contributed by atoms with E-state index >= 15 is 0 Å². The van der Waals surface area contributed by atoms with Crippen molar-refractivity contribution >= 4 is 22.6 Å². The second kappa shape index (κ2) is 4.78. The Morgan fingerprint density at radius 3 is 2.85 bits per heavy atom. The van der Waals surface area contributed by atoms with E-state index in [2.05, 4.69) is 18.3 Å². The molecule has 0 radical (unpaired) electrons. The lowest BCUT2D eigenvalue weighted by Gasteiger charge is -2.17. The molecule has 2 aromatic rings. The van der Waals surface area contributed by atoms with Crippen molar-refractivity contribution in [2.45, 2.75) is 32.2 Å². The quantitative estimate of drug-likeness (QED) is 0.876. The van der Waals surface area contributed by atoms with Crippen molar-refractivity contribution in [1.82, 2.24) is 5.32 Å². The van der Waals surface area contributed by atoms with Crippen LogP contribution in [0.25, 0.3) is 11.0 Å². The van der Waals surface area contributed by atoms with E-state index in [4.69, 9.17) is 16.0 Å². The SMILES string of the molecule is CCNC(c1cc2cc(Cl)ccc2o1)C1C2CCCC21. The minimum Gasteiger partial charge on any atom is -0.459 e. The van der Waals surface area contributed by atoms with Crippen LogP contribution in [0.3, 0.4) is 0 Å². The molecule has 3 atom stereocenters. The number of rotatable bonds is 4. The third-order valence-corrected chi connectivity index (χ3v) is 5.32. The Morgan fingerprint density at radius 2 is 2.10 bits per heavy atom. The first-order valence-corrected chi connectivity index (χ1v) is 8.08. The van der Waals surface area contributed by atoms with Crippen molar-refractivity contribution in [3.63, 3.8) is 0 Å². The minimum atomic E-state index is 0.376. The molecule has 0 spiro atoms. The highest BCUT2D eigenvalue weighted by atomic mass is 35.5. The Labute approximate surface area is 124 Å². The molecule has 3 unspecified atom stereocenters. The number of hydrogen-bond acceptors (Lipinski definition) is 2. The first-order valence-electron chi connectivity index (χ1n) is 7.70. The van der Waals surface area contributed by atoms with Crippen LogP contribution in [0.15, 0.2) is 28.7 Å². The lowest BCUT2D eigenvalue weighted by Crippen LogP contribution is -2.24. The van der Waals surface area contributed by atoms with Gasteiger partial charge in [-0.2, -0.15) is 0 Å². The van der Waals surface area contributed by atoms with E-state index in [0.29, 0.717) is 6.04 Å². The highest BCUT2D eigenvalue weighted by Crippen LogP contribution is 2.62. The molecular formula is C17H20ClNO. The molecule has 0 aliphatic heterocycles. The van der Waals surface area contributed by atoms with Crippen LogP contribution in [-0.2, 0) is 0 Å². The first kappa shape index (κ1) is 12.7. The normalized spacial score (nSPS) is 29.6. The van der Waals surface area contributed by atoms with E-state index in [9.17, 15) is 0 Å². The number of nitrogens with one attached hydrogen (secondary N) is 1. The molecular weight excluding hydrogens is 270 g/mol. The number of hydrogen-bond donors (Lipinski definition) is 1. The summed E-state index contributed by atoms with van der Waals surface area (Å²) in [6, 6.07) is 8.40. The van der Waals surface area contributed by atoms with Gasteiger partial charge in [-0.15, -0.1) is 0 Å². The van der Waals surface area contributed by atoms with Crippen LogP contribution in [0.2, 0.25) is 5.02 Å². The van der Waals surface area contributed by atoms with Gasteiger partial charge in [0.1, 0.15) is 11.3 Å². The van der Waals surface area contributed by atoms with Gasteiger partial charge in [-0.1, -0.05) is 24.9 Å². The molecule has 0 amide bonds. The van der Waals surface area contributed by atoms with Crippen LogP contribution in [0.1, 0.15) is 38.0 Å². The Balaban J connectivity index is 1.67. The zero-order valence-corrected chi connectivity index (χ0v) is 12.5. The maximum atomic E-state index is 6.08. The van der Waals surface area contributed by atoms with Gasteiger partial charge in [0, 0.05) is 10.4 Å². The molecule has 106 valence electrons. The van der Waals surface area contributed by atoms with Crippen LogP contribution in [-0.4, -0.2) is 6.54 Å². The van der Waals surface area contributed by atoms with Crippen molar-refractivity contribution in [3.8, 4) is 0 Å². The summed E-state index contributed by atoms with van der Waals surface area (Å²) in [6.07, 6.45) is 4.23. The van der Waals surface area contributed by atoms with Gasteiger partial charge in [0.25, 0.3) is 0 Å². The van der Waals surface area contributed by atoms with Gasteiger partial charge < -0.3 is 9.73 Å². The average molecular weight is 290 g/mol. The Kier molecular flexibility index (Phi) is 3.04. The molecule has 2 nitrogen and oxygen atoms in total. The molecule has 2 saturated carbocycles. The van der Waals surface area contributed by atoms with Crippen LogP contribution in [0.5, 0.6) is 0 Å². The maximum Gasteiger partial charge on any atom is 0.134 e. The summed E-state index contributed by atoms with van der Waals surface area (Å²) < 4.78 is 6.08. The molecule has 1 heterocycles. The topological polar surface area (TPSA) is 25.2 Å². The van der Waals surface area contributed by atoms with Gasteiger partial charge in [0.2, 0.25) is 0 Å². The van der Waals surface area contributed by atoms with Crippen LogP contribution in [0, 0.1) is 17.8 Å². The minimum absolute atomic E-state index is 0.376. The second-order valence-electron chi connectivity index (χ2n) is 6.20. The van der Waals surface area contributed by atoms with Crippen molar-refractivity contribution in [1.29, 1.82) is 0 Å². The highest BCUT2D eigenvalue weighted by Gasteiger charge is 2.56. The monoisotopic (exact) mass is 289 g/mol. The van der Waals surface area contributed by atoms with E-state index < -0.39 is 0 Å². The number of benzene rings is 1. The summed E-state index contributed by atoms with van der Waals surface area (Å²) in [4.78, 5) is 0. The number of furan rings is 1. The lowest BCUT2D eigenvalue weighted by molar-refractivity contribution is 0.364. The summed E-state index contributed by atoms with van der Waals surface area (Å²) >= 11 is 6.06. The van der Waals surface area contributed by atoms with Gasteiger partial charge in [0.05, 0.1) is 6.04 Å². The van der Waals surface area contributed by atoms with Crippen LogP contribution >= 0.6 is 11.6 Å². The smallest absolute Gasteiger partial charge is 0.134 e. The maximum absolute atomic E-state index is 6.08. The molecule has 0 saturated heterocycles. The van der Waals surface area contributed by atoms with Gasteiger partial charge in [-0.25, -0.2) is 0 Å². The third-order valence-electron chi connectivity index (χ3n) is 5.09. The molecule has 3 heteroatoms. The van der Waals surface area contributed by atoms with Crippen molar-refractivity contribution in [3.05, 3.63) is 35.0 Å². The zero-order chi connectivity index (χ0) is 13.7. The zero-order valence-electron chi connectivity index (χ0n) is 11.7. The van der Waals surface area contributed by atoms with Crippen molar-refractivity contribution in [2.24, 2.45) is 17.8 Å². The fourth-order valence-corrected chi connectivity index (χ4v) is 4.39. The van der Waals surface area contributed by atoms with Crippen LogP contribution in [0.4, 0.5) is 0 Å². The van der Waals surface area contributed by atoms with Crippen LogP contribution < -0.4 is 5.32 Å². The van der Waals surface area contributed by atoms with E-state index in [1.807, 2.05) is 18.2 Å². The molecule has 20 heavy (non-hydrogen) atoms. The molecule has 2 aliphatic rings. The van der Waals surface area contributed by atoms with E-state index in [1.165, 1.54) is 19.3 Å². The second-order valence-corrected chi connectivity index (χ2v) is 6.64. The fourth-order valence-electron chi connectivity index (χ4n) is 4.21. The average Bonchev–Trinajstić information content (AvgIpc) is 2.82.